The lowest BCUT2D eigenvalue weighted by Gasteiger charge is -2.38. The van der Waals surface area contributed by atoms with E-state index in [1.807, 2.05) is 24.3 Å². The van der Waals surface area contributed by atoms with E-state index in [1.165, 1.54) is 17.7 Å². The first-order chi connectivity index (χ1) is 15.6. The van der Waals surface area contributed by atoms with Gasteiger partial charge in [0.05, 0.1) is 4.90 Å². The lowest BCUT2D eigenvalue weighted by Crippen LogP contribution is -2.51. The van der Waals surface area contributed by atoms with E-state index >= 15 is 0 Å². The molecule has 1 aromatic heterocycles. The van der Waals surface area contributed by atoms with Crippen LogP contribution >= 0.6 is 0 Å². The van der Waals surface area contributed by atoms with Crippen molar-refractivity contribution in [3.8, 4) is 0 Å². The minimum absolute atomic E-state index is 0.0254. The maximum absolute atomic E-state index is 13.2. The molecule has 0 spiro atoms. The number of sulfonamides is 1. The van der Waals surface area contributed by atoms with E-state index in [0.717, 1.165) is 55.5 Å². The molecule has 0 bridgehead atoms. The predicted octanol–water partition coefficient (Wildman–Crippen LogP) is 4.04. The van der Waals surface area contributed by atoms with Crippen LogP contribution in [0.2, 0.25) is 0 Å². The number of nitrogens with two attached hydrogens (primary N) is 1. The normalized spacial score (nSPS) is 16.2. The molecule has 0 unspecified atom stereocenters. The van der Waals surface area contributed by atoms with E-state index in [9.17, 15) is 12.8 Å². The van der Waals surface area contributed by atoms with E-state index in [-0.39, 0.29) is 4.90 Å². The molecule has 3 N–H and O–H groups in total. The quantitative estimate of drug-likeness (QED) is 0.400. The number of anilines is 1. The van der Waals surface area contributed by atoms with Crippen molar-refractivity contribution in [2.45, 2.75) is 37.5 Å². The van der Waals surface area contributed by atoms with E-state index in [1.54, 1.807) is 6.07 Å². The maximum Gasteiger partial charge on any atom is 0.261 e. The number of rotatable bonds is 7. The Bertz CT molecular complexity index is 1220. The lowest BCUT2D eigenvalue weighted by atomic mass is 9.89. The fraction of sp³-hybridized carbons (Fsp3) is 0.417. The molecule has 9 heteroatoms. The van der Waals surface area contributed by atoms with Gasteiger partial charge in [0.1, 0.15) is 5.82 Å². The largest absolute Gasteiger partial charge is 0.350 e. The van der Waals surface area contributed by atoms with Gasteiger partial charge in [-0.2, -0.15) is 5.12 Å². The van der Waals surface area contributed by atoms with Crippen LogP contribution in [0.4, 0.5) is 10.1 Å². The minimum atomic E-state index is -3.81. The van der Waals surface area contributed by atoms with Gasteiger partial charge in [-0.3, -0.25) is 10.6 Å². The van der Waals surface area contributed by atoms with Crippen LogP contribution in [0.3, 0.4) is 0 Å². The molecule has 1 aliphatic heterocycles. The van der Waals surface area contributed by atoms with Crippen LogP contribution in [0, 0.1) is 11.7 Å². The van der Waals surface area contributed by atoms with Crippen LogP contribution in [0.5, 0.6) is 0 Å². The molecule has 1 aliphatic rings. The Morgan fingerprint density at radius 1 is 1.15 bits per heavy atom. The molecule has 2 aromatic carbocycles. The van der Waals surface area contributed by atoms with Crippen molar-refractivity contribution in [2.75, 3.05) is 24.4 Å². The summed E-state index contributed by atoms with van der Waals surface area (Å²) in [6.07, 6.45) is 4.12. The van der Waals surface area contributed by atoms with Gasteiger partial charge < -0.3 is 4.57 Å². The number of hydrogen-bond donors (Lipinski definition) is 2. The number of nitrogens with zero attached hydrogens (tertiary/aromatic N) is 3. The zero-order chi connectivity index (χ0) is 23.8. The number of aromatic nitrogens is 1. The first-order valence-corrected chi connectivity index (χ1v) is 12.8. The Hall–Kier alpha value is -2.46. The highest BCUT2D eigenvalue weighted by Gasteiger charge is 2.26. The summed E-state index contributed by atoms with van der Waals surface area (Å²) < 4.78 is 43.4. The third-order valence-electron chi connectivity index (χ3n) is 6.22. The molecule has 0 atom stereocenters. The maximum atomic E-state index is 13.2. The Morgan fingerprint density at radius 2 is 1.82 bits per heavy atom. The summed E-state index contributed by atoms with van der Waals surface area (Å²) in [7, 11) is -1.80. The molecule has 4 rings (SSSR count). The number of hydrogen-bond acceptors (Lipinski definition) is 5. The summed E-state index contributed by atoms with van der Waals surface area (Å²) in [5.41, 5.74) is 2.77. The monoisotopic (exact) mass is 473 g/mol. The third kappa shape index (κ3) is 5.22. The summed E-state index contributed by atoms with van der Waals surface area (Å²) in [6, 6.07) is 10.4. The van der Waals surface area contributed by atoms with Crippen molar-refractivity contribution in [1.82, 2.24) is 14.7 Å². The summed E-state index contributed by atoms with van der Waals surface area (Å²) in [5.74, 6) is 6.64. The molecular weight excluding hydrogens is 441 g/mol. The first-order valence-electron chi connectivity index (χ1n) is 11.3. The van der Waals surface area contributed by atoms with Crippen LogP contribution in [-0.4, -0.2) is 42.7 Å². The van der Waals surface area contributed by atoms with E-state index in [2.05, 4.69) is 34.3 Å². The zero-order valence-corrected chi connectivity index (χ0v) is 20.1. The van der Waals surface area contributed by atoms with Crippen molar-refractivity contribution < 1.29 is 12.8 Å². The predicted molar refractivity (Wildman–Crippen MR) is 129 cm³/mol. The number of hydrazine groups is 2. The summed E-state index contributed by atoms with van der Waals surface area (Å²) in [5, 5.41) is 5.10. The van der Waals surface area contributed by atoms with Gasteiger partial charge in [0.15, 0.2) is 0 Å². The Morgan fingerprint density at radius 3 is 2.45 bits per heavy atom. The minimum Gasteiger partial charge on any atom is -0.350 e. The average Bonchev–Trinajstić information content (AvgIpc) is 3.09. The number of benzene rings is 2. The molecule has 2 heterocycles. The molecule has 7 nitrogen and oxygen atoms in total. The third-order valence-corrected chi connectivity index (χ3v) is 7.62. The van der Waals surface area contributed by atoms with Crippen LogP contribution in [-0.2, 0) is 17.1 Å². The highest BCUT2D eigenvalue weighted by Crippen LogP contribution is 2.36. The fourth-order valence-corrected chi connectivity index (χ4v) is 5.61. The van der Waals surface area contributed by atoms with Gasteiger partial charge in [0.25, 0.3) is 10.0 Å². The molecule has 0 radical (unpaired) electrons. The number of halogens is 1. The second kappa shape index (κ2) is 9.42. The van der Waals surface area contributed by atoms with E-state index < -0.39 is 15.8 Å². The molecule has 1 fully saturated rings. The van der Waals surface area contributed by atoms with Gasteiger partial charge in [-0.1, -0.05) is 13.8 Å². The van der Waals surface area contributed by atoms with Gasteiger partial charge >= 0.3 is 0 Å². The molecular formula is C24H32FN5O2S. The van der Waals surface area contributed by atoms with E-state index in [0.29, 0.717) is 17.5 Å². The van der Waals surface area contributed by atoms with Gasteiger partial charge in [0, 0.05) is 49.5 Å². The molecule has 178 valence electrons. The van der Waals surface area contributed by atoms with Gasteiger partial charge in [-0.05, 0) is 72.7 Å². The lowest BCUT2D eigenvalue weighted by molar-refractivity contribution is -0.0522. The van der Waals surface area contributed by atoms with E-state index in [4.69, 9.17) is 5.84 Å². The number of aryl methyl sites for hydroxylation is 1. The van der Waals surface area contributed by atoms with Crippen LogP contribution in [0.1, 0.15) is 38.2 Å². The van der Waals surface area contributed by atoms with Crippen molar-refractivity contribution in [3.05, 3.63) is 60.0 Å². The Kier molecular flexibility index (Phi) is 6.76. The van der Waals surface area contributed by atoms with Crippen LogP contribution in [0.15, 0.2) is 53.6 Å². The highest BCUT2D eigenvalue weighted by atomic mass is 32.2. The van der Waals surface area contributed by atoms with Gasteiger partial charge in [0.2, 0.25) is 0 Å². The Balaban J connectivity index is 1.55. The smallest absolute Gasteiger partial charge is 0.261 e. The molecule has 3 aromatic rings. The van der Waals surface area contributed by atoms with Crippen molar-refractivity contribution in [2.24, 2.45) is 18.8 Å². The summed E-state index contributed by atoms with van der Waals surface area (Å²) in [4.78, 5) is 0.0254. The summed E-state index contributed by atoms with van der Waals surface area (Å²) in [6.45, 7) is 6.92. The summed E-state index contributed by atoms with van der Waals surface area (Å²) >= 11 is 0. The van der Waals surface area contributed by atoms with Gasteiger partial charge in [-0.25, -0.2) is 17.8 Å². The van der Waals surface area contributed by atoms with Crippen molar-refractivity contribution in [3.63, 3.8) is 0 Å². The topological polar surface area (TPSA) is 83.6 Å². The molecule has 33 heavy (non-hydrogen) atoms. The van der Waals surface area contributed by atoms with Crippen molar-refractivity contribution >= 4 is 26.6 Å². The zero-order valence-electron chi connectivity index (χ0n) is 19.3. The molecule has 0 aliphatic carbocycles. The number of piperidine rings is 1. The SMILES string of the molecule is CC(C)CN(N)N1CCC(c2cn(C)c3ccc(NS(=O)(=O)c4ccc(F)cc4)cc23)CC1. The second-order valence-corrected chi connectivity index (χ2v) is 10.9. The first kappa shape index (κ1) is 23.7. The number of nitrogens with one attached hydrogen (secondary N) is 1. The molecule has 1 saturated heterocycles. The fourth-order valence-electron chi connectivity index (χ4n) is 4.56. The standard InChI is InChI=1S/C24H32FN5O2S/c1-17(2)15-30(26)29-12-10-18(11-13-29)23-16-28(3)24-9-6-20(14-22(23)24)27-33(31,32)21-7-4-19(25)5-8-21/h4-9,14,16-18,27H,10-13,15,26H2,1-3H3. The number of fused-ring (bicyclic) bond motifs is 1. The average molecular weight is 474 g/mol. The van der Waals surface area contributed by atoms with Crippen molar-refractivity contribution in [1.29, 1.82) is 0 Å². The van der Waals surface area contributed by atoms with Crippen LogP contribution in [0.25, 0.3) is 10.9 Å². The Labute approximate surface area is 195 Å². The van der Waals surface area contributed by atoms with Gasteiger partial charge in [-0.15, -0.1) is 0 Å². The molecule has 0 saturated carbocycles. The highest BCUT2D eigenvalue weighted by molar-refractivity contribution is 7.92. The molecule has 0 amide bonds. The second-order valence-electron chi connectivity index (χ2n) is 9.23. The van der Waals surface area contributed by atoms with Crippen LogP contribution < -0.4 is 10.6 Å².